The molecular weight excluding hydrogens is 391 g/mol. The fraction of sp³-hybridized carbons (Fsp3) is 0.300. The third-order valence-electron chi connectivity index (χ3n) is 5.06. The van der Waals surface area contributed by atoms with Crippen LogP contribution >= 0.6 is 0 Å². The first kappa shape index (κ1) is 19.0. The molecule has 3 aromatic rings. The third-order valence-corrected chi connectivity index (χ3v) is 6.80. The molecule has 4 nitrogen and oxygen atoms in total. The second-order valence-corrected chi connectivity index (χ2v) is 9.35. The van der Waals surface area contributed by atoms with Crippen molar-refractivity contribution < 1.29 is 26.0 Å². The summed E-state index contributed by atoms with van der Waals surface area (Å²) in [5.41, 5.74) is 0.0553. The quantitative estimate of drug-likeness (QED) is 0.669. The number of fused-ring (bicyclic) bond motifs is 3. The van der Waals surface area contributed by atoms with Crippen molar-refractivity contribution in [1.82, 2.24) is 5.32 Å². The minimum Gasteiger partial charge on any atom is -0.459 e. The number of furan rings is 1. The number of hydrogen-bond acceptors (Lipinski definition) is 4. The highest BCUT2D eigenvalue weighted by Crippen LogP contribution is 2.38. The van der Waals surface area contributed by atoms with Crippen LogP contribution in [0.4, 0.5) is 13.2 Å². The summed E-state index contributed by atoms with van der Waals surface area (Å²) in [6.07, 6.45) is -3.86. The molecule has 1 N–H and O–H groups in total. The van der Waals surface area contributed by atoms with Crippen LogP contribution in [0, 0.1) is 0 Å². The first-order chi connectivity index (χ1) is 13.0. The molecule has 1 aromatic heterocycles. The summed E-state index contributed by atoms with van der Waals surface area (Å²) in [4.78, 5) is -0.504. The number of halogens is 3. The predicted molar refractivity (Wildman–Crippen MR) is 97.8 cm³/mol. The van der Waals surface area contributed by atoms with Gasteiger partial charge in [0.15, 0.2) is 0 Å². The van der Waals surface area contributed by atoms with Crippen LogP contribution in [0.1, 0.15) is 30.7 Å². The molecule has 0 saturated carbocycles. The average Bonchev–Trinajstić information content (AvgIpc) is 3.01. The third kappa shape index (κ3) is 3.00. The lowest BCUT2D eigenvalue weighted by atomic mass is 9.91. The molecule has 2 heterocycles. The zero-order chi connectivity index (χ0) is 20.3. The lowest BCUT2D eigenvalue weighted by molar-refractivity contribution is -0.137. The fourth-order valence-corrected chi connectivity index (χ4v) is 4.93. The zero-order valence-electron chi connectivity index (χ0n) is 15.2. The maximum Gasteiger partial charge on any atom is 0.416 e. The molecule has 4 rings (SSSR count). The van der Waals surface area contributed by atoms with Gasteiger partial charge in [-0.05, 0) is 50.6 Å². The molecule has 0 radical (unpaired) electrons. The van der Waals surface area contributed by atoms with E-state index in [9.17, 15) is 21.6 Å². The summed E-state index contributed by atoms with van der Waals surface area (Å²) >= 11 is 0. The van der Waals surface area contributed by atoms with Crippen LogP contribution < -0.4 is 5.32 Å². The van der Waals surface area contributed by atoms with Gasteiger partial charge in [0.2, 0.25) is 9.84 Å². The number of alkyl halides is 3. The van der Waals surface area contributed by atoms with Crippen molar-refractivity contribution in [1.29, 1.82) is 0 Å². The van der Waals surface area contributed by atoms with Crippen LogP contribution in [-0.2, 0) is 28.0 Å². The van der Waals surface area contributed by atoms with E-state index in [-0.39, 0.29) is 10.4 Å². The van der Waals surface area contributed by atoms with Crippen LogP contribution in [0.5, 0.6) is 0 Å². The Morgan fingerprint density at radius 1 is 1.07 bits per heavy atom. The minimum atomic E-state index is -4.62. The van der Waals surface area contributed by atoms with E-state index in [0.29, 0.717) is 11.6 Å². The Morgan fingerprint density at radius 3 is 2.50 bits per heavy atom. The lowest BCUT2D eigenvalue weighted by Crippen LogP contribution is -2.41. The Bertz CT molecular complexity index is 1180. The summed E-state index contributed by atoms with van der Waals surface area (Å²) in [6, 6.07) is 8.22. The standard InChI is InChI=1S/C20H18F3NO3S/c1-19(2)18-16(8-9-24-19)15-7-6-14(11-17(15)27-18)28(25,26)13-5-3-4-12(10-13)20(21,22)23/h3-7,10-11,24H,8-9H2,1-2H3. The summed E-state index contributed by atoms with van der Waals surface area (Å²) in [5.74, 6) is 0.752. The lowest BCUT2D eigenvalue weighted by Gasteiger charge is -2.29. The minimum absolute atomic E-state index is 0.101. The molecule has 0 atom stereocenters. The highest BCUT2D eigenvalue weighted by molar-refractivity contribution is 7.91. The number of hydrogen-bond donors (Lipinski definition) is 1. The number of rotatable bonds is 2. The first-order valence-corrected chi connectivity index (χ1v) is 10.2. The molecule has 28 heavy (non-hydrogen) atoms. The molecule has 8 heteroatoms. The van der Waals surface area contributed by atoms with E-state index in [1.165, 1.54) is 12.1 Å². The number of benzene rings is 2. The van der Waals surface area contributed by atoms with E-state index in [1.54, 1.807) is 6.07 Å². The van der Waals surface area contributed by atoms with Gasteiger partial charge >= 0.3 is 6.18 Å². The predicted octanol–water partition coefficient (Wildman–Crippen LogP) is 4.67. The smallest absolute Gasteiger partial charge is 0.416 e. The molecule has 0 fully saturated rings. The molecule has 0 spiro atoms. The SMILES string of the molecule is CC1(C)NCCc2c1oc1cc(S(=O)(=O)c3cccc(C(F)(F)F)c3)ccc21. The maximum atomic E-state index is 13.0. The Kier molecular flexibility index (Phi) is 4.13. The van der Waals surface area contributed by atoms with Gasteiger partial charge in [-0.3, -0.25) is 0 Å². The summed E-state index contributed by atoms with van der Waals surface area (Å²) in [5, 5.41) is 4.17. The van der Waals surface area contributed by atoms with Gasteiger partial charge in [-0.1, -0.05) is 6.07 Å². The Balaban J connectivity index is 1.83. The van der Waals surface area contributed by atoms with Gasteiger partial charge in [0.25, 0.3) is 0 Å². The molecular formula is C20H18F3NO3S. The fourth-order valence-electron chi connectivity index (χ4n) is 3.61. The van der Waals surface area contributed by atoms with Gasteiger partial charge in [0, 0.05) is 23.6 Å². The van der Waals surface area contributed by atoms with Crippen molar-refractivity contribution in [2.75, 3.05) is 6.54 Å². The van der Waals surface area contributed by atoms with E-state index < -0.39 is 26.5 Å². The monoisotopic (exact) mass is 409 g/mol. The number of sulfone groups is 1. The first-order valence-electron chi connectivity index (χ1n) is 8.73. The normalized spacial score (nSPS) is 16.9. The van der Waals surface area contributed by atoms with E-state index >= 15 is 0 Å². The summed E-state index contributed by atoms with van der Waals surface area (Å²) in [7, 11) is -4.12. The van der Waals surface area contributed by atoms with Crippen molar-refractivity contribution in [3.63, 3.8) is 0 Å². The molecule has 0 unspecified atom stereocenters. The van der Waals surface area contributed by atoms with E-state index in [1.807, 2.05) is 13.8 Å². The van der Waals surface area contributed by atoms with E-state index in [0.717, 1.165) is 47.9 Å². The summed E-state index contributed by atoms with van der Waals surface area (Å²) < 4.78 is 70.6. The Labute approximate surface area is 160 Å². The molecule has 148 valence electrons. The van der Waals surface area contributed by atoms with Crippen LogP contribution in [0.25, 0.3) is 11.0 Å². The van der Waals surface area contributed by atoms with Crippen molar-refractivity contribution in [3.05, 3.63) is 59.4 Å². The van der Waals surface area contributed by atoms with Crippen LogP contribution in [0.15, 0.2) is 56.7 Å². The van der Waals surface area contributed by atoms with Crippen LogP contribution in [0.2, 0.25) is 0 Å². The maximum absolute atomic E-state index is 13.0. The molecule has 1 aliphatic rings. The van der Waals surface area contributed by atoms with Gasteiger partial charge in [0.1, 0.15) is 11.3 Å². The molecule has 2 aromatic carbocycles. The molecule has 0 bridgehead atoms. The molecule has 0 aliphatic carbocycles. The van der Waals surface area contributed by atoms with Gasteiger partial charge in [-0.15, -0.1) is 0 Å². The van der Waals surface area contributed by atoms with Crippen molar-refractivity contribution in [2.45, 2.75) is 41.8 Å². The average molecular weight is 409 g/mol. The Hall–Kier alpha value is -2.32. The zero-order valence-corrected chi connectivity index (χ0v) is 16.0. The molecule has 0 saturated heterocycles. The van der Waals surface area contributed by atoms with Crippen molar-refractivity contribution >= 4 is 20.8 Å². The van der Waals surface area contributed by atoms with Gasteiger partial charge in [-0.25, -0.2) is 8.42 Å². The topological polar surface area (TPSA) is 59.3 Å². The molecule has 1 aliphatic heterocycles. The number of nitrogens with one attached hydrogen (secondary N) is 1. The van der Waals surface area contributed by atoms with Crippen LogP contribution in [-0.4, -0.2) is 15.0 Å². The van der Waals surface area contributed by atoms with Gasteiger partial charge in [-0.2, -0.15) is 13.2 Å². The second kappa shape index (κ2) is 6.09. The van der Waals surface area contributed by atoms with E-state index in [4.69, 9.17) is 4.42 Å². The van der Waals surface area contributed by atoms with Crippen LogP contribution in [0.3, 0.4) is 0 Å². The largest absolute Gasteiger partial charge is 0.459 e. The molecule has 0 amide bonds. The highest BCUT2D eigenvalue weighted by atomic mass is 32.2. The summed E-state index contributed by atoms with van der Waals surface area (Å²) in [6.45, 7) is 4.74. The Morgan fingerprint density at radius 2 is 1.79 bits per heavy atom. The second-order valence-electron chi connectivity index (χ2n) is 7.40. The highest BCUT2D eigenvalue weighted by Gasteiger charge is 2.34. The van der Waals surface area contributed by atoms with Gasteiger partial charge < -0.3 is 9.73 Å². The van der Waals surface area contributed by atoms with Crippen molar-refractivity contribution in [2.24, 2.45) is 0 Å². The van der Waals surface area contributed by atoms with E-state index in [2.05, 4.69) is 5.32 Å². The van der Waals surface area contributed by atoms with Crippen molar-refractivity contribution in [3.8, 4) is 0 Å². The van der Waals surface area contributed by atoms with Gasteiger partial charge in [0.05, 0.1) is 20.9 Å².